The molecule has 2 aromatic rings. The van der Waals surface area contributed by atoms with Gasteiger partial charge in [0.1, 0.15) is 5.82 Å². The normalized spacial score (nSPS) is 27.7. The highest BCUT2D eigenvalue weighted by Gasteiger charge is 2.60. The van der Waals surface area contributed by atoms with Crippen molar-refractivity contribution in [2.45, 2.75) is 18.3 Å². The number of aromatic nitrogens is 1. The fraction of sp³-hybridized carbons (Fsp3) is 0.368. The molecule has 0 radical (unpaired) electrons. The Kier molecular flexibility index (Phi) is 3.74. The van der Waals surface area contributed by atoms with Crippen molar-refractivity contribution in [1.29, 1.82) is 0 Å². The minimum atomic E-state index is -1.05. The average molecular weight is 359 g/mol. The molecule has 1 saturated carbocycles. The van der Waals surface area contributed by atoms with E-state index in [1.807, 2.05) is 18.2 Å². The van der Waals surface area contributed by atoms with E-state index in [0.29, 0.717) is 17.4 Å². The Hall–Kier alpha value is -2.11. The van der Waals surface area contributed by atoms with E-state index in [-0.39, 0.29) is 23.0 Å². The number of piperidine rings is 2. The van der Waals surface area contributed by atoms with Crippen LogP contribution in [-0.2, 0) is 5.41 Å². The zero-order valence-electron chi connectivity index (χ0n) is 13.7. The third-order valence-corrected chi connectivity index (χ3v) is 5.81. The quantitative estimate of drug-likeness (QED) is 0.879. The van der Waals surface area contributed by atoms with Gasteiger partial charge < -0.3 is 15.1 Å². The molecule has 2 aliphatic heterocycles. The van der Waals surface area contributed by atoms with Crippen molar-refractivity contribution < 1.29 is 15.0 Å². The second-order valence-corrected chi connectivity index (χ2v) is 7.76. The minimum Gasteiger partial charge on any atom is -0.478 e. The van der Waals surface area contributed by atoms with Crippen LogP contribution < -0.4 is 4.90 Å². The second kappa shape index (κ2) is 5.71. The van der Waals surface area contributed by atoms with Gasteiger partial charge >= 0.3 is 5.97 Å². The summed E-state index contributed by atoms with van der Waals surface area (Å²) in [6.45, 7) is 1.57. The van der Waals surface area contributed by atoms with Gasteiger partial charge in [0.15, 0.2) is 0 Å². The predicted octanol–water partition coefficient (Wildman–Crippen LogP) is 2.96. The summed E-state index contributed by atoms with van der Waals surface area (Å²) >= 11 is 6.32. The van der Waals surface area contributed by atoms with E-state index in [9.17, 15) is 9.90 Å². The Labute approximate surface area is 150 Å². The van der Waals surface area contributed by atoms with E-state index in [2.05, 4.69) is 22.0 Å². The lowest BCUT2D eigenvalue weighted by molar-refractivity contribution is -0.0453. The number of carbonyl (C=O) groups is 1. The Morgan fingerprint density at radius 3 is 2.56 bits per heavy atom. The Bertz CT molecular complexity index is 819. The van der Waals surface area contributed by atoms with Gasteiger partial charge in [-0.3, -0.25) is 0 Å². The lowest BCUT2D eigenvalue weighted by Crippen LogP contribution is -2.67. The van der Waals surface area contributed by atoms with Gasteiger partial charge in [0.2, 0.25) is 0 Å². The maximum absolute atomic E-state index is 11.1. The molecule has 0 spiro atoms. The van der Waals surface area contributed by atoms with Gasteiger partial charge in [-0.25, -0.2) is 9.78 Å². The lowest BCUT2D eigenvalue weighted by atomic mass is 9.48. The number of fused-ring (bicyclic) bond motifs is 2. The van der Waals surface area contributed by atoms with E-state index in [1.54, 1.807) is 0 Å². The van der Waals surface area contributed by atoms with E-state index >= 15 is 0 Å². The number of hydrogen-bond acceptors (Lipinski definition) is 4. The summed E-state index contributed by atoms with van der Waals surface area (Å²) < 4.78 is 0. The largest absolute Gasteiger partial charge is 0.478 e. The van der Waals surface area contributed by atoms with E-state index in [4.69, 9.17) is 16.7 Å². The number of carboxylic acid groups (broad SMARTS) is 1. The van der Waals surface area contributed by atoms with Gasteiger partial charge in [0, 0.05) is 30.1 Å². The fourth-order valence-corrected chi connectivity index (χ4v) is 4.90. The highest BCUT2D eigenvalue weighted by atomic mass is 35.5. The molecule has 0 amide bonds. The van der Waals surface area contributed by atoms with Crippen LogP contribution in [0.1, 0.15) is 28.8 Å². The number of halogens is 1. The van der Waals surface area contributed by atoms with Crippen molar-refractivity contribution in [2.24, 2.45) is 5.41 Å². The van der Waals surface area contributed by atoms with Gasteiger partial charge in [-0.05, 0) is 24.5 Å². The van der Waals surface area contributed by atoms with Gasteiger partial charge in [0.25, 0.3) is 0 Å². The molecule has 3 aliphatic rings. The van der Waals surface area contributed by atoms with Crippen LogP contribution in [0, 0.1) is 5.41 Å². The molecule has 5 nitrogen and oxygen atoms in total. The van der Waals surface area contributed by atoms with Crippen LogP contribution in [0.25, 0.3) is 0 Å². The summed E-state index contributed by atoms with van der Waals surface area (Å²) in [6.07, 6.45) is 3.23. The standard InChI is InChI=1S/C19H19ClN2O3/c20-15-6-13(17(24)25)7-21-16(15)22-10-18(12-23)8-19(9-18,11-22)14-4-2-1-3-5-14/h1-7,23H,8-12H2,(H,24,25). The summed E-state index contributed by atoms with van der Waals surface area (Å²) in [7, 11) is 0. The van der Waals surface area contributed by atoms with Crippen LogP contribution in [0.3, 0.4) is 0 Å². The topological polar surface area (TPSA) is 73.7 Å². The zero-order chi connectivity index (χ0) is 17.7. The zero-order valence-corrected chi connectivity index (χ0v) is 14.4. The maximum Gasteiger partial charge on any atom is 0.337 e. The molecule has 1 aromatic carbocycles. The van der Waals surface area contributed by atoms with E-state index in [1.165, 1.54) is 17.8 Å². The van der Waals surface area contributed by atoms with Crippen LogP contribution in [0.15, 0.2) is 42.6 Å². The molecule has 6 heteroatoms. The van der Waals surface area contributed by atoms with Crippen molar-refractivity contribution in [1.82, 2.24) is 4.98 Å². The Balaban J connectivity index is 1.69. The number of rotatable bonds is 4. The van der Waals surface area contributed by atoms with Gasteiger partial charge in [-0.2, -0.15) is 0 Å². The highest BCUT2D eigenvalue weighted by molar-refractivity contribution is 6.33. The molecular weight excluding hydrogens is 340 g/mol. The van der Waals surface area contributed by atoms with E-state index in [0.717, 1.165) is 19.4 Å². The number of aromatic carboxylic acids is 1. The molecule has 2 bridgehead atoms. The van der Waals surface area contributed by atoms with Crippen LogP contribution >= 0.6 is 11.6 Å². The van der Waals surface area contributed by atoms with Gasteiger partial charge in [-0.15, -0.1) is 0 Å². The highest BCUT2D eigenvalue weighted by Crippen LogP contribution is 2.60. The minimum absolute atomic E-state index is 0.0152. The molecule has 25 heavy (non-hydrogen) atoms. The summed E-state index contributed by atoms with van der Waals surface area (Å²) in [4.78, 5) is 17.5. The first-order chi connectivity index (χ1) is 12.0. The van der Waals surface area contributed by atoms with Crippen LogP contribution in [-0.4, -0.2) is 40.9 Å². The van der Waals surface area contributed by atoms with Crippen molar-refractivity contribution in [3.63, 3.8) is 0 Å². The summed E-state index contributed by atoms with van der Waals surface area (Å²) in [6, 6.07) is 11.8. The molecule has 0 atom stereocenters. The number of benzene rings is 1. The Morgan fingerprint density at radius 2 is 1.96 bits per heavy atom. The summed E-state index contributed by atoms with van der Waals surface area (Å²) in [5.41, 5.74) is 1.18. The third-order valence-electron chi connectivity index (χ3n) is 5.54. The first-order valence-corrected chi connectivity index (χ1v) is 8.65. The molecular formula is C19H19ClN2O3. The number of hydrogen-bond donors (Lipinski definition) is 2. The van der Waals surface area contributed by atoms with E-state index < -0.39 is 5.97 Å². The third kappa shape index (κ3) is 2.58. The average Bonchev–Trinajstić information content (AvgIpc) is 2.61. The van der Waals surface area contributed by atoms with Crippen molar-refractivity contribution >= 4 is 23.4 Å². The molecule has 2 saturated heterocycles. The molecule has 5 rings (SSSR count). The second-order valence-electron chi connectivity index (χ2n) is 7.35. The first-order valence-electron chi connectivity index (χ1n) is 8.27. The molecule has 2 N–H and O–H groups in total. The smallest absolute Gasteiger partial charge is 0.337 e. The lowest BCUT2D eigenvalue weighted by Gasteiger charge is -2.63. The molecule has 3 heterocycles. The molecule has 3 fully saturated rings. The predicted molar refractivity (Wildman–Crippen MR) is 95.3 cm³/mol. The molecule has 1 aromatic heterocycles. The van der Waals surface area contributed by atoms with Crippen molar-refractivity contribution in [2.75, 3.05) is 24.6 Å². The number of aliphatic hydroxyl groups is 1. The number of anilines is 1. The monoisotopic (exact) mass is 358 g/mol. The van der Waals surface area contributed by atoms with Gasteiger partial charge in [-0.1, -0.05) is 41.9 Å². The molecule has 0 unspecified atom stereocenters. The number of pyridine rings is 1. The van der Waals surface area contributed by atoms with Crippen molar-refractivity contribution in [3.05, 3.63) is 58.7 Å². The number of carboxylic acids is 1. The van der Waals surface area contributed by atoms with Crippen molar-refractivity contribution in [3.8, 4) is 0 Å². The summed E-state index contributed by atoms with van der Waals surface area (Å²) in [5.74, 6) is -0.459. The van der Waals surface area contributed by atoms with Crippen LogP contribution in [0.4, 0.5) is 5.82 Å². The SMILES string of the molecule is O=C(O)c1cnc(N2CC3(CO)CC(c4ccccc4)(C2)C3)c(Cl)c1. The first kappa shape index (κ1) is 16.4. The number of aliphatic hydroxyl groups excluding tert-OH is 1. The van der Waals surface area contributed by atoms with Crippen LogP contribution in [0.5, 0.6) is 0 Å². The van der Waals surface area contributed by atoms with Crippen LogP contribution in [0.2, 0.25) is 5.02 Å². The number of nitrogens with zero attached hydrogens (tertiary/aromatic N) is 2. The summed E-state index contributed by atoms with van der Waals surface area (Å²) in [5, 5.41) is 19.4. The van der Waals surface area contributed by atoms with Gasteiger partial charge in [0.05, 0.1) is 17.2 Å². The maximum atomic E-state index is 11.1. The molecule has 130 valence electrons. The Morgan fingerprint density at radius 1 is 1.24 bits per heavy atom. The molecule has 1 aliphatic carbocycles. The fourth-order valence-electron chi connectivity index (χ4n) is 4.61.